The third-order valence-electron chi connectivity index (χ3n) is 9.09. The summed E-state index contributed by atoms with van der Waals surface area (Å²) >= 11 is 6.44. The molecule has 0 aliphatic carbocycles. The average molecular weight is 564 g/mol. The number of anilines is 2. The number of aromatic nitrogens is 3. The normalized spacial score (nSPS) is 24.6. The van der Waals surface area contributed by atoms with Crippen LogP contribution in [0.3, 0.4) is 0 Å². The van der Waals surface area contributed by atoms with Gasteiger partial charge < -0.3 is 24.5 Å². The van der Waals surface area contributed by atoms with E-state index in [0.29, 0.717) is 43.4 Å². The van der Waals surface area contributed by atoms with E-state index in [0.717, 1.165) is 72.4 Å². The van der Waals surface area contributed by atoms with Crippen LogP contribution in [-0.2, 0) is 13.0 Å². The predicted molar refractivity (Wildman–Crippen MR) is 154 cm³/mol. The molecule has 0 saturated carbocycles. The van der Waals surface area contributed by atoms with Gasteiger partial charge in [-0.1, -0.05) is 35.9 Å². The number of likely N-dealkylation sites (tertiary alicyclic amines) is 1. The van der Waals surface area contributed by atoms with Crippen LogP contribution in [0, 0.1) is 0 Å². The van der Waals surface area contributed by atoms with Crippen LogP contribution in [0.15, 0.2) is 30.3 Å². The molecule has 1 aromatic carbocycles. The Morgan fingerprint density at radius 2 is 1.85 bits per heavy atom. The Morgan fingerprint density at radius 1 is 1.05 bits per heavy atom. The quantitative estimate of drug-likeness (QED) is 0.461. The zero-order valence-corrected chi connectivity index (χ0v) is 23.4. The summed E-state index contributed by atoms with van der Waals surface area (Å²) in [5.41, 5.74) is 2.06. The van der Waals surface area contributed by atoms with Gasteiger partial charge in [-0.05, 0) is 57.1 Å². The molecule has 2 bridgehead atoms. The van der Waals surface area contributed by atoms with Crippen molar-refractivity contribution < 1.29 is 14.6 Å². The maximum absolute atomic E-state index is 11.9. The van der Waals surface area contributed by atoms with Gasteiger partial charge in [-0.25, -0.2) is 9.78 Å². The molecule has 3 atom stereocenters. The Labute approximate surface area is 238 Å². The van der Waals surface area contributed by atoms with Crippen LogP contribution >= 0.6 is 11.6 Å². The highest BCUT2D eigenvalue weighted by Crippen LogP contribution is 2.37. The van der Waals surface area contributed by atoms with Gasteiger partial charge in [-0.3, -0.25) is 4.90 Å². The van der Waals surface area contributed by atoms with E-state index in [-0.39, 0.29) is 12.1 Å². The fraction of sp³-hybridized carbons (Fsp3) is 0.517. The number of halogens is 1. The van der Waals surface area contributed by atoms with Crippen molar-refractivity contribution in [2.24, 2.45) is 0 Å². The Hall–Kier alpha value is -3.37. The molecule has 3 fully saturated rings. The molecule has 11 heteroatoms. The Kier molecular flexibility index (Phi) is 6.54. The van der Waals surface area contributed by atoms with E-state index < -0.39 is 6.09 Å². The average Bonchev–Trinajstić information content (AvgIpc) is 3.49. The van der Waals surface area contributed by atoms with Gasteiger partial charge in [-0.2, -0.15) is 9.97 Å². The van der Waals surface area contributed by atoms with Gasteiger partial charge in [0.1, 0.15) is 23.4 Å². The number of benzene rings is 1. The van der Waals surface area contributed by atoms with Gasteiger partial charge in [0.2, 0.25) is 0 Å². The van der Waals surface area contributed by atoms with E-state index in [9.17, 15) is 9.90 Å². The minimum atomic E-state index is -0.821. The molecule has 4 aliphatic heterocycles. The van der Waals surface area contributed by atoms with Crippen LogP contribution in [0.5, 0.6) is 6.01 Å². The summed E-state index contributed by atoms with van der Waals surface area (Å²) in [5.74, 6) is 1.75. The fourth-order valence-electron chi connectivity index (χ4n) is 7.03. The maximum Gasteiger partial charge on any atom is 0.407 e. The number of amides is 1. The van der Waals surface area contributed by atoms with E-state index in [4.69, 9.17) is 31.3 Å². The number of likely N-dealkylation sites (N-methyl/N-ethyl adjacent to an activating group) is 1. The number of nitrogens with zero attached hydrogens (tertiary/aromatic N) is 7. The second kappa shape index (κ2) is 10.2. The Balaban J connectivity index is 1.23. The monoisotopic (exact) mass is 563 g/mol. The lowest BCUT2D eigenvalue weighted by Gasteiger charge is -2.41. The van der Waals surface area contributed by atoms with Crippen LogP contribution < -0.4 is 14.5 Å². The first-order chi connectivity index (χ1) is 19.4. The zero-order chi connectivity index (χ0) is 27.4. The highest BCUT2D eigenvalue weighted by atomic mass is 35.5. The summed E-state index contributed by atoms with van der Waals surface area (Å²) in [6.07, 6.45) is 3.99. The van der Waals surface area contributed by atoms with Crippen LogP contribution in [0.25, 0.3) is 10.8 Å². The van der Waals surface area contributed by atoms with Gasteiger partial charge in [0.05, 0.1) is 24.3 Å². The van der Waals surface area contributed by atoms with E-state index >= 15 is 0 Å². The smallest absolute Gasteiger partial charge is 0.407 e. The molecule has 6 heterocycles. The third-order valence-corrected chi connectivity index (χ3v) is 9.28. The minimum Gasteiger partial charge on any atom is -0.465 e. The molecule has 2 aromatic heterocycles. The lowest BCUT2D eigenvalue weighted by Crippen LogP contribution is -2.56. The van der Waals surface area contributed by atoms with E-state index in [1.54, 1.807) is 4.90 Å². The number of pyridine rings is 1. The molecule has 3 aromatic rings. The summed E-state index contributed by atoms with van der Waals surface area (Å²) in [6.45, 7) is 4.25. The molecule has 1 N–H and O–H groups in total. The summed E-state index contributed by atoms with van der Waals surface area (Å²) in [7, 11) is 2.14. The minimum absolute atomic E-state index is 0.0134. The maximum atomic E-state index is 11.9. The molecule has 0 unspecified atom stereocenters. The second-order valence-corrected chi connectivity index (χ2v) is 11.9. The predicted octanol–water partition coefficient (Wildman–Crippen LogP) is 4.04. The molecule has 40 heavy (non-hydrogen) atoms. The Bertz CT molecular complexity index is 1440. The molecule has 210 valence electrons. The van der Waals surface area contributed by atoms with Gasteiger partial charge in [0.25, 0.3) is 0 Å². The van der Waals surface area contributed by atoms with Crippen molar-refractivity contribution >= 4 is 40.1 Å². The lowest BCUT2D eigenvalue weighted by molar-refractivity contribution is 0.114. The van der Waals surface area contributed by atoms with Gasteiger partial charge in [0.15, 0.2) is 0 Å². The first-order valence-corrected chi connectivity index (χ1v) is 14.6. The Morgan fingerprint density at radius 3 is 2.60 bits per heavy atom. The van der Waals surface area contributed by atoms with Crippen LogP contribution in [-0.4, -0.2) is 93.9 Å². The summed E-state index contributed by atoms with van der Waals surface area (Å²) < 4.78 is 6.27. The number of hydrogen-bond acceptors (Lipinski definition) is 8. The molecule has 1 amide bonds. The van der Waals surface area contributed by atoms with Crippen molar-refractivity contribution in [2.75, 3.05) is 49.6 Å². The highest BCUT2D eigenvalue weighted by Gasteiger charge is 2.44. The summed E-state index contributed by atoms with van der Waals surface area (Å²) in [5, 5.41) is 12.4. The van der Waals surface area contributed by atoms with Crippen molar-refractivity contribution in [1.82, 2.24) is 24.8 Å². The molecule has 10 nitrogen and oxygen atoms in total. The van der Waals surface area contributed by atoms with Crippen molar-refractivity contribution in [3.63, 3.8) is 0 Å². The van der Waals surface area contributed by atoms with Crippen molar-refractivity contribution in [3.05, 3.63) is 46.7 Å². The van der Waals surface area contributed by atoms with Crippen molar-refractivity contribution in [1.29, 1.82) is 0 Å². The van der Waals surface area contributed by atoms with Crippen LogP contribution in [0.4, 0.5) is 16.4 Å². The van der Waals surface area contributed by atoms with E-state index in [1.807, 2.05) is 18.2 Å². The molecule has 7 rings (SSSR count). The first kappa shape index (κ1) is 25.6. The highest BCUT2D eigenvalue weighted by molar-refractivity contribution is 6.30. The summed E-state index contributed by atoms with van der Waals surface area (Å²) in [4.78, 5) is 35.1. The van der Waals surface area contributed by atoms with E-state index in [1.165, 1.54) is 6.42 Å². The number of carboxylic acid groups (broad SMARTS) is 1. The molecular weight excluding hydrogens is 530 g/mol. The fourth-order valence-corrected chi connectivity index (χ4v) is 7.23. The third kappa shape index (κ3) is 4.56. The number of piperazine rings is 1. The molecule has 0 spiro atoms. The topological polar surface area (TPSA) is 98.2 Å². The first-order valence-electron chi connectivity index (χ1n) is 14.2. The second-order valence-electron chi connectivity index (χ2n) is 11.5. The van der Waals surface area contributed by atoms with Gasteiger partial charge >= 0.3 is 12.1 Å². The van der Waals surface area contributed by atoms with E-state index in [2.05, 4.69) is 33.9 Å². The lowest BCUT2D eigenvalue weighted by atomic mass is 10.0. The SMILES string of the molecule is CN1CCC[C@H]1COc1nc2c(c(N3C[C@H]4CC[C@@H](C3)N4C(=O)O)n1)CCN(c1nc(Cl)cc3ccccc13)C2. The standard InChI is InChI=1S/C29H34ClN7O3/c1-34-11-4-6-21(34)17-40-28-31-24-16-35(26-22-7-3-2-5-18(22)13-25(30)32-26)12-10-23(24)27(33-28)36-14-19-8-9-20(15-36)37(19)29(38)39/h2-3,5,7,13,19-21H,4,6,8-12,14-17H2,1H3,(H,38,39)/t19-,20+,21-/m0/s1. The summed E-state index contributed by atoms with van der Waals surface area (Å²) in [6, 6.07) is 10.8. The number of ether oxygens (including phenoxy) is 1. The van der Waals surface area contributed by atoms with Gasteiger partial charge in [0, 0.05) is 36.6 Å². The zero-order valence-electron chi connectivity index (χ0n) is 22.7. The van der Waals surface area contributed by atoms with Crippen LogP contribution in [0.2, 0.25) is 5.15 Å². The van der Waals surface area contributed by atoms with Crippen LogP contribution in [0.1, 0.15) is 36.9 Å². The molecule has 4 aliphatic rings. The van der Waals surface area contributed by atoms with Crippen molar-refractivity contribution in [3.8, 4) is 6.01 Å². The number of rotatable bonds is 5. The number of carbonyl (C=O) groups is 1. The molecule has 3 saturated heterocycles. The number of fused-ring (bicyclic) bond motifs is 4. The molecule has 0 radical (unpaired) electrons. The number of hydrogen-bond donors (Lipinski definition) is 1. The largest absolute Gasteiger partial charge is 0.465 e. The molecular formula is C29H34ClN7O3. The van der Waals surface area contributed by atoms with Gasteiger partial charge in [-0.15, -0.1) is 0 Å². The van der Waals surface area contributed by atoms with Crippen molar-refractivity contribution in [2.45, 2.75) is 56.8 Å².